The summed E-state index contributed by atoms with van der Waals surface area (Å²) in [6, 6.07) is 6.19. The number of benzene rings is 1. The van der Waals surface area contributed by atoms with Crippen molar-refractivity contribution in [1.29, 1.82) is 0 Å². The molecule has 2 aromatic rings. The van der Waals surface area contributed by atoms with E-state index in [-0.39, 0.29) is 5.54 Å². The Kier molecular flexibility index (Phi) is 1.98. The maximum absolute atomic E-state index is 10.5. The largest absolute Gasteiger partial charge is 0.268 e. The number of carbonyl (C=O) groups excluding carboxylic acids is 1. The molecule has 1 saturated carbocycles. The first kappa shape index (κ1) is 10.2. The van der Waals surface area contributed by atoms with Crippen LogP contribution in [0.4, 0.5) is 0 Å². The van der Waals surface area contributed by atoms with Crippen molar-refractivity contribution in [2.45, 2.75) is 25.3 Å². The van der Waals surface area contributed by atoms with E-state index in [1.54, 1.807) is 6.08 Å². The highest BCUT2D eigenvalue weighted by Gasteiger charge is 2.44. The minimum absolute atomic E-state index is 0.293. The maximum Gasteiger partial charge on any atom is 0.235 e. The third-order valence-corrected chi connectivity index (χ3v) is 3.56. The van der Waals surface area contributed by atoms with Gasteiger partial charge in [-0.3, -0.25) is 4.68 Å². The molecule has 0 atom stereocenters. The van der Waals surface area contributed by atoms with E-state index in [4.69, 9.17) is 0 Å². The molecule has 4 heteroatoms. The van der Waals surface area contributed by atoms with E-state index in [1.807, 2.05) is 30.8 Å². The summed E-state index contributed by atoms with van der Waals surface area (Å²) in [5.74, 6) is 0. The Hall–Kier alpha value is -1.93. The molecule has 1 aliphatic rings. The van der Waals surface area contributed by atoms with Crippen molar-refractivity contribution in [1.82, 2.24) is 9.78 Å². The second-order valence-corrected chi connectivity index (χ2v) is 4.68. The first-order chi connectivity index (χ1) is 8.16. The molecule has 1 fully saturated rings. The zero-order valence-electron chi connectivity index (χ0n) is 9.90. The number of rotatable bonds is 2. The summed E-state index contributed by atoms with van der Waals surface area (Å²) in [4.78, 5) is 14.4. The second-order valence-electron chi connectivity index (χ2n) is 4.68. The van der Waals surface area contributed by atoms with E-state index in [2.05, 4.69) is 16.2 Å². The van der Waals surface area contributed by atoms with Crippen LogP contribution in [0.5, 0.6) is 0 Å². The lowest BCUT2D eigenvalue weighted by molar-refractivity contribution is 0.556. The SMILES string of the molecule is Cc1nn(C)c2ccc(C3(N=C=O)CC3)cc12. The van der Waals surface area contributed by atoms with Crippen LogP contribution >= 0.6 is 0 Å². The summed E-state index contributed by atoms with van der Waals surface area (Å²) in [6.45, 7) is 1.99. The Morgan fingerprint density at radius 1 is 1.47 bits per heavy atom. The number of isocyanates is 1. The number of aromatic nitrogens is 2. The van der Waals surface area contributed by atoms with Crippen LogP contribution in [0.3, 0.4) is 0 Å². The van der Waals surface area contributed by atoms with Gasteiger partial charge in [-0.05, 0) is 37.5 Å². The van der Waals surface area contributed by atoms with E-state index in [1.165, 1.54) is 0 Å². The summed E-state index contributed by atoms with van der Waals surface area (Å²) >= 11 is 0. The Morgan fingerprint density at radius 3 is 2.88 bits per heavy atom. The van der Waals surface area contributed by atoms with Crippen molar-refractivity contribution in [3.8, 4) is 0 Å². The molecule has 0 amide bonds. The van der Waals surface area contributed by atoms with Crippen molar-refractivity contribution < 1.29 is 4.79 Å². The molecule has 0 N–H and O–H groups in total. The molecule has 1 aromatic heterocycles. The summed E-state index contributed by atoms with van der Waals surface area (Å²) in [6.07, 6.45) is 3.57. The molecule has 0 unspecified atom stereocenters. The predicted molar refractivity (Wildman–Crippen MR) is 64.5 cm³/mol. The molecular weight excluding hydrogens is 214 g/mol. The van der Waals surface area contributed by atoms with Gasteiger partial charge in [-0.15, -0.1) is 0 Å². The molecular formula is C13H13N3O. The third kappa shape index (κ3) is 1.41. The summed E-state index contributed by atoms with van der Waals surface area (Å²) < 4.78 is 1.87. The molecule has 1 aliphatic carbocycles. The molecule has 17 heavy (non-hydrogen) atoms. The number of aliphatic imine (C=N–C) groups is 1. The minimum atomic E-state index is -0.293. The fraction of sp³-hybridized carbons (Fsp3) is 0.385. The lowest BCUT2D eigenvalue weighted by Crippen LogP contribution is -2.01. The smallest absolute Gasteiger partial charge is 0.235 e. The van der Waals surface area contributed by atoms with E-state index in [9.17, 15) is 4.79 Å². The molecule has 0 aliphatic heterocycles. The number of fused-ring (bicyclic) bond motifs is 1. The van der Waals surface area contributed by atoms with Gasteiger partial charge in [0.05, 0.1) is 16.7 Å². The molecule has 4 nitrogen and oxygen atoms in total. The lowest BCUT2D eigenvalue weighted by Gasteiger charge is -2.08. The molecule has 0 spiro atoms. The summed E-state index contributed by atoms with van der Waals surface area (Å²) in [5, 5.41) is 5.52. The Morgan fingerprint density at radius 2 is 2.24 bits per heavy atom. The van der Waals surface area contributed by atoms with Gasteiger partial charge in [-0.2, -0.15) is 10.1 Å². The van der Waals surface area contributed by atoms with Crippen molar-refractivity contribution >= 4 is 17.0 Å². The normalized spacial score (nSPS) is 16.8. The molecule has 1 heterocycles. The van der Waals surface area contributed by atoms with Gasteiger partial charge < -0.3 is 0 Å². The summed E-state index contributed by atoms with van der Waals surface area (Å²) in [7, 11) is 1.94. The van der Waals surface area contributed by atoms with E-state index in [0.717, 1.165) is 35.0 Å². The average molecular weight is 227 g/mol. The molecule has 86 valence electrons. The molecule has 0 radical (unpaired) electrons. The van der Waals surface area contributed by atoms with Gasteiger partial charge in [-0.25, -0.2) is 4.79 Å². The minimum Gasteiger partial charge on any atom is -0.268 e. The number of hydrogen-bond acceptors (Lipinski definition) is 3. The summed E-state index contributed by atoms with van der Waals surface area (Å²) in [5.41, 5.74) is 2.93. The number of aryl methyl sites for hydroxylation is 2. The Labute approximate surface area is 99.0 Å². The van der Waals surface area contributed by atoms with Gasteiger partial charge in [-0.1, -0.05) is 6.07 Å². The van der Waals surface area contributed by atoms with Crippen LogP contribution in [0.2, 0.25) is 0 Å². The highest BCUT2D eigenvalue weighted by atomic mass is 16.1. The van der Waals surface area contributed by atoms with Gasteiger partial charge in [0, 0.05) is 12.4 Å². The Balaban J connectivity index is 2.20. The van der Waals surface area contributed by atoms with Crippen LogP contribution in [0, 0.1) is 6.92 Å². The van der Waals surface area contributed by atoms with E-state index >= 15 is 0 Å². The lowest BCUT2D eigenvalue weighted by atomic mass is 10.0. The van der Waals surface area contributed by atoms with Crippen molar-refractivity contribution in [3.63, 3.8) is 0 Å². The quantitative estimate of drug-likeness (QED) is 0.583. The second kappa shape index (κ2) is 3.28. The first-order valence-electron chi connectivity index (χ1n) is 5.69. The van der Waals surface area contributed by atoms with Crippen LogP contribution in [0.15, 0.2) is 23.2 Å². The molecule has 1 aromatic carbocycles. The molecule has 0 saturated heterocycles. The van der Waals surface area contributed by atoms with Gasteiger partial charge in [0.2, 0.25) is 6.08 Å². The van der Waals surface area contributed by atoms with E-state index < -0.39 is 0 Å². The maximum atomic E-state index is 10.5. The van der Waals surface area contributed by atoms with Crippen LogP contribution in [0.25, 0.3) is 10.9 Å². The highest BCUT2D eigenvalue weighted by molar-refractivity contribution is 5.83. The van der Waals surface area contributed by atoms with Crippen LogP contribution in [0.1, 0.15) is 24.1 Å². The third-order valence-electron chi connectivity index (χ3n) is 3.56. The van der Waals surface area contributed by atoms with Crippen LogP contribution < -0.4 is 0 Å². The molecule has 0 bridgehead atoms. The van der Waals surface area contributed by atoms with Crippen LogP contribution in [-0.2, 0) is 17.4 Å². The van der Waals surface area contributed by atoms with Crippen molar-refractivity contribution in [2.24, 2.45) is 12.0 Å². The molecule has 3 rings (SSSR count). The zero-order valence-corrected chi connectivity index (χ0v) is 9.90. The zero-order chi connectivity index (χ0) is 12.0. The van der Waals surface area contributed by atoms with Gasteiger partial charge in [0.15, 0.2) is 0 Å². The topological polar surface area (TPSA) is 47.2 Å². The van der Waals surface area contributed by atoms with Crippen molar-refractivity contribution in [3.05, 3.63) is 29.5 Å². The van der Waals surface area contributed by atoms with Crippen molar-refractivity contribution in [2.75, 3.05) is 0 Å². The number of nitrogens with zero attached hydrogens (tertiary/aromatic N) is 3. The van der Waals surface area contributed by atoms with Gasteiger partial charge >= 0.3 is 0 Å². The number of hydrogen-bond donors (Lipinski definition) is 0. The fourth-order valence-corrected chi connectivity index (χ4v) is 2.40. The van der Waals surface area contributed by atoms with E-state index in [0.29, 0.717) is 0 Å². The predicted octanol–water partition coefficient (Wildman–Crippen LogP) is 2.21. The fourth-order valence-electron chi connectivity index (χ4n) is 2.40. The van der Waals surface area contributed by atoms with Gasteiger partial charge in [0.25, 0.3) is 0 Å². The average Bonchev–Trinajstić information content (AvgIpc) is 3.04. The highest BCUT2D eigenvalue weighted by Crippen LogP contribution is 2.49. The van der Waals surface area contributed by atoms with Gasteiger partial charge in [0.1, 0.15) is 0 Å². The Bertz CT molecular complexity index is 646. The monoisotopic (exact) mass is 227 g/mol. The first-order valence-corrected chi connectivity index (χ1v) is 5.69. The van der Waals surface area contributed by atoms with Crippen LogP contribution in [-0.4, -0.2) is 15.9 Å². The standard InChI is InChI=1S/C13H13N3O/c1-9-11-7-10(13(5-6-13)14-8-17)3-4-12(11)16(2)15-9/h3-4,7H,5-6H2,1-2H3.